The average Bonchev–Trinajstić information content (AvgIpc) is 2.49. The largest absolute Gasteiger partial charge is 0.0985 e. The van der Waals surface area contributed by atoms with E-state index in [1.54, 1.807) is 0 Å². The number of benzene rings is 2. The summed E-state index contributed by atoms with van der Waals surface area (Å²) < 4.78 is 0. The third-order valence-electron chi connectivity index (χ3n) is 2.86. The van der Waals surface area contributed by atoms with Crippen LogP contribution in [0.1, 0.15) is 31.9 Å². The second-order valence-corrected chi connectivity index (χ2v) is 4.18. The van der Waals surface area contributed by atoms with Crippen molar-refractivity contribution < 1.29 is 0 Å². The Morgan fingerprint density at radius 2 is 1.26 bits per heavy atom. The molecule has 0 saturated heterocycles. The van der Waals surface area contributed by atoms with Crippen molar-refractivity contribution >= 4 is 11.6 Å². The zero-order valence-corrected chi connectivity index (χ0v) is 12.1. The Labute approximate surface area is 117 Å². The van der Waals surface area contributed by atoms with Crippen molar-refractivity contribution in [2.24, 2.45) is 0 Å². The molecule has 0 radical (unpaired) electrons. The van der Waals surface area contributed by atoms with E-state index in [0.717, 1.165) is 11.1 Å². The Kier molecular flexibility index (Phi) is 5.81. The minimum absolute atomic E-state index is 1.10. The molecule has 0 heteroatoms. The monoisotopic (exact) mass is 250 g/mol. The number of hydrogen-bond donors (Lipinski definition) is 0. The van der Waals surface area contributed by atoms with Crippen LogP contribution in [0.5, 0.6) is 0 Å². The van der Waals surface area contributed by atoms with Gasteiger partial charge in [-0.05, 0) is 29.2 Å². The van der Waals surface area contributed by atoms with Crippen LogP contribution in [-0.4, -0.2) is 0 Å². The first kappa shape index (κ1) is 15.0. The Morgan fingerprint density at radius 1 is 0.842 bits per heavy atom. The minimum Gasteiger partial charge on any atom is -0.0985 e. The summed E-state index contributed by atoms with van der Waals surface area (Å²) in [6, 6.07) is 16.9. The fourth-order valence-corrected chi connectivity index (χ4v) is 1.76. The normalized spacial score (nSPS) is 9.21. The topological polar surface area (TPSA) is 0 Å². The summed E-state index contributed by atoms with van der Waals surface area (Å²) in [6.07, 6.45) is 1.86. The summed E-state index contributed by atoms with van der Waals surface area (Å²) in [6.45, 7) is 13.7. The van der Waals surface area contributed by atoms with E-state index < -0.39 is 0 Å². The van der Waals surface area contributed by atoms with E-state index >= 15 is 0 Å². The van der Waals surface area contributed by atoms with Crippen LogP contribution in [0.2, 0.25) is 0 Å². The van der Waals surface area contributed by atoms with Gasteiger partial charge in [0.2, 0.25) is 0 Å². The molecule has 0 amide bonds. The van der Waals surface area contributed by atoms with Gasteiger partial charge in [-0.25, -0.2) is 0 Å². The quantitative estimate of drug-likeness (QED) is 0.621. The second kappa shape index (κ2) is 7.38. The van der Waals surface area contributed by atoms with Crippen LogP contribution >= 0.6 is 0 Å². The van der Waals surface area contributed by atoms with Gasteiger partial charge in [-0.1, -0.05) is 87.2 Å². The van der Waals surface area contributed by atoms with Gasteiger partial charge in [0, 0.05) is 0 Å². The summed E-state index contributed by atoms with van der Waals surface area (Å²) in [5.74, 6) is 0. The van der Waals surface area contributed by atoms with Gasteiger partial charge < -0.3 is 0 Å². The van der Waals surface area contributed by atoms with Crippen molar-refractivity contribution in [3.63, 3.8) is 0 Å². The molecule has 0 aromatic heterocycles. The third kappa shape index (κ3) is 3.96. The van der Waals surface area contributed by atoms with Gasteiger partial charge in [0.1, 0.15) is 0 Å². The van der Waals surface area contributed by atoms with Crippen LogP contribution in [0, 0.1) is 0 Å². The van der Waals surface area contributed by atoms with Crippen molar-refractivity contribution in [1.29, 1.82) is 0 Å². The Morgan fingerprint density at radius 3 is 1.63 bits per heavy atom. The lowest BCUT2D eigenvalue weighted by Gasteiger charge is -2.04. The molecule has 0 fully saturated rings. The first-order chi connectivity index (χ1) is 9.20. The van der Waals surface area contributed by atoms with E-state index in [1.165, 1.54) is 16.7 Å². The molecule has 0 aliphatic rings. The smallest absolute Gasteiger partial charge is 0.0184 e. The molecule has 2 aromatic carbocycles. The maximum absolute atomic E-state index is 3.94. The van der Waals surface area contributed by atoms with Crippen LogP contribution < -0.4 is 0 Å². The highest BCUT2D eigenvalue weighted by molar-refractivity contribution is 5.69. The Bertz CT molecular complexity index is 527. The van der Waals surface area contributed by atoms with Crippen molar-refractivity contribution in [3.05, 3.63) is 72.8 Å². The maximum Gasteiger partial charge on any atom is -0.0184 e. The maximum atomic E-state index is 3.94. The van der Waals surface area contributed by atoms with E-state index in [-0.39, 0.29) is 0 Å². The molecule has 0 heterocycles. The SMILES string of the molecule is C=Cc1ccc(-c2ccc(C(=C)C)cc2)cc1.CC. The lowest BCUT2D eigenvalue weighted by molar-refractivity contribution is 1.50. The van der Waals surface area contributed by atoms with Gasteiger partial charge in [-0.3, -0.25) is 0 Å². The highest BCUT2D eigenvalue weighted by atomic mass is 14.0. The van der Waals surface area contributed by atoms with Crippen LogP contribution in [0.3, 0.4) is 0 Å². The molecular formula is C19H22. The first-order valence-electron chi connectivity index (χ1n) is 6.69. The zero-order chi connectivity index (χ0) is 14.3. The van der Waals surface area contributed by atoms with Gasteiger partial charge in [-0.2, -0.15) is 0 Å². The summed E-state index contributed by atoms with van der Waals surface area (Å²) in [5, 5.41) is 0. The van der Waals surface area contributed by atoms with Crippen LogP contribution in [0.25, 0.3) is 22.8 Å². The molecule has 0 aliphatic heterocycles. The predicted octanol–water partition coefficient (Wildman–Crippen LogP) is 6.06. The molecule has 2 rings (SSSR count). The van der Waals surface area contributed by atoms with Gasteiger partial charge in [0.15, 0.2) is 0 Å². The van der Waals surface area contributed by atoms with Crippen LogP contribution in [0.15, 0.2) is 61.7 Å². The van der Waals surface area contributed by atoms with Crippen LogP contribution in [0.4, 0.5) is 0 Å². The predicted molar refractivity (Wildman–Crippen MR) is 88.0 cm³/mol. The fraction of sp³-hybridized carbons (Fsp3) is 0.158. The Balaban J connectivity index is 0.000000861. The van der Waals surface area contributed by atoms with Crippen molar-refractivity contribution in [2.45, 2.75) is 20.8 Å². The molecular weight excluding hydrogens is 228 g/mol. The molecule has 0 bridgehead atoms. The number of allylic oxidation sites excluding steroid dienone is 1. The Hall–Kier alpha value is -2.08. The molecule has 98 valence electrons. The summed E-state index contributed by atoms with van der Waals surface area (Å²) >= 11 is 0. The van der Waals surface area contributed by atoms with Gasteiger partial charge in [0.25, 0.3) is 0 Å². The fourth-order valence-electron chi connectivity index (χ4n) is 1.76. The molecule has 0 unspecified atom stereocenters. The third-order valence-corrected chi connectivity index (χ3v) is 2.86. The highest BCUT2D eigenvalue weighted by Crippen LogP contribution is 2.22. The summed E-state index contributed by atoms with van der Waals surface area (Å²) in [7, 11) is 0. The second-order valence-electron chi connectivity index (χ2n) is 4.18. The van der Waals surface area contributed by atoms with E-state index in [2.05, 4.69) is 61.7 Å². The standard InChI is InChI=1S/C17H16.C2H6/c1-4-14-5-7-16(8-6-14)17-11-9-15(10-12-17)13(2)3;1-2/h4-12H,1-2H2,3H3;1-2H3. The zero-order valence-electron chi connectivity index (χ0n) is 12.1. The van der Waals surface area contributed by atoms with Crippen LogP contribution in [-0.2, 0) is 0 Å². The van der Waals surface area contributed by atoms with Gasteiger partial charge >= 0.3 is 0 Å². The van der Waals surface area contributed by atoms with Gasteiger partial charge in [-0.15, -0.1) is 0 Å². The van der Waals surface area contributed by atoms with E-state index in [1.807, 2.05) is 26.8 Å². The summed E-state index contributed by atoms with van der Waals surface area (Å²) in [4.78, 5) is 0. The molecule has 0 aliphatic carbocycles. The molecule has 19 heavy (non-hydrogen) atoms. The average molecular weight is 250 g/mol. The number of hydrogen-bond acceptors (Lipinski definition) is 0. The molecule has 0 spiro atoms. The van der Waals surface area contributed by atoms with E-state index in [4.69, 9.17) is 0 Å². The first-order valence-corrected chi connectivity index (χ1v) is 6.69. The molecule has 0 nitrogen and oxygen atoms in total. The lowest BCUT2D eigenvalue weighted by atomic mass is 10.0. The highest BCUT2D eigenvalue weighted by Gasteiger charge is 1.98. The van der Waals surface area contributed by atoms with E-state index in [9.17, 15) is 0 Å². The van der Waals surface area contributed by atoms with Crippen molar-refractivity contribution in [1.82, 2.24) is 0 Å². The number of rotatable bonds is 3. The molecule has 0 N–H and O–H groups in total. The van der Waals surface area contributed by atoms with E-state index in [0.29, 0.717) is 0 Å². The molecule has 0 saturated carbocycles. The lowest BCUT2D eigenvalue weighted by Crippen LogP contribution is -1.81. The minimum atomic E-state index is 1.10. The van der Waals surface area contributed by atoms with Crippen molar-refractivity contribution in [2.75, 3.05) is 0 Å². The van der Waals surface area contributed by atoms with Crippen molar-refractivity contribution in [3.8, 4) is 11.1 Å². The molecule has 2 aromatic rings. The van der Waals surface area contributed by atoms with Gasteiger partial charge in [0.05, 0.1) is 0 Å². The summed E-state index contributed by atoms with van der Waals surface area (Å²) in [5.41, 5.74) is 5.89. The molecule has 0 atom stereocenters.